The van der Waals surface area contributed by atoms with Crippen LogP contribution < -0.4 is 0 Å². The molecule has 0 N–H and O–H groups in total. The van der Waals surface area contributed by atoms with Crippen LogP contribution in [0.3, 0.4) is 0 Å². The molecule has 0 atom stereocenters. The van der Waals surface area contributed by atoms with Crippen molar-refractivity contribution in [3.8, 4) is 10.8 Å². The largest absolute Gasteiger partial charge is 0.325 e. The molecule has 0 saturated carbocycles. The topological polar surface area (TPSA) is 43.6 Å². The van der Waals surface area contributed by atoms with E-state index in [1.165, 1.54) is 17.6 Å². The monoisotopic (exact) mass is 460 g/mol. The molecule has 5 heteroatoms. The van der Waals surface area contributed by atoms with Gasteiger partial charge < -0.3 is 4.57 Å². The Morgan fingerprint density at radius 2 is 2.00 bits per heavy atom. The fourth-order valence-electron chi connectivity index (χ4n) is 3.40. The van der Waals surface area contributed by atoms with Gasteiger partial charge in [0.25, 0.3) is 0 Å². The summed E-state index contributed by atoms with van der Waals surface area (Å²) in [6.45, 7) is 15.3. The summed E-state index contributed by atoms with van der Waals surface area (Å²) < 4.78 is 2.12. The fourth-order valence-corrected chi connectivity index (χ4v) is 4.23. The van der Waals surface area contributed by atoms with Crippen molar-refractivity contribution in [1.82, 2.24) is 19.5 Å². The number of hydrogen-bond donors (Lipinski definition) is 0. The predicted octanol–water partition coefficient (Wildman–Crippen LogP) is 8.13. The highest BCUT2D eigenvalue weighted by Crippen LogP contribution is 2.32. The van der Waals surface area contributed by atoms with Crippen molar-refractivity contribution in [2.45, 2.75) is 60.4 Å². The molecule has 0 aliphatic carbocycles. The molecule has 3 heterocycles. The van der Waals surface area contributed by atoms with Gasteiger partial charge >= 0.3 is 0 Å². The zero-order chi connectivity index (χ0) is 24.1. The molecule has 0 saturated heterocycles. The van der Waals surface area contributed by atoms with Gasteiger partial charge in [-0.05, 0) is 37.5 Å². The third-order valence-corrected chi connectivity index (χ3v) is 5.66. The summed E-state index contributed by atoms with van der Waals surface area (Å²) in [4.78, 5) is 13.7. The van der Waals surface area contributed by atoms with Gasteiger partial charge in [0.2, 0.25) is 0 Å². The molecule has 4 nitrogen and oxygen atoms in total. The zero-order valence-electron chi connectivity index (χ0n) is 20.6. The smallest absolute Gasteiger partial charge is 0.169 e. The first-order valence-electron chi connectivity index (χ1n) is 11.6. The van der Waals surface area contributed by atoms with E-state index in [0.29, 0.717) is 0 Å². The predicted molar refractivity (Wildman–Crippen MR) is 143 cm³/mol. The highest BCUT2D eigenvalue weighted by atomic mass is 32.1. The molecular formula is C28H36N4S. The quantitative estimate of drug-likeness (QED) is 0.303. The van der Waals surface area contributed by atoms with Crippen LogP contribution in [-0.2, 0) is 6.54 Å². The van der Waals surface area contributed by atoms with E-state index in [1.54, 1.807) is 17.5 Å². The highest BCUT2D eigenvalue weighted by Gasteiger charge is 2.15. The van der Waals surface area contributed by atoms with Crippen LogP contribution in [0.1, 0.15) is 65.1 Å². The molecule has 33 heavy (non-hydrogen) atoms. The Labute approximate surface area is 203 Å². The first-order valence-corrected chi connectivity index (χ1v) is 12.5. The Hall–Kier alpha value is -3.05. The third kappa shape index (κ3) is 7.50. The Morgan fingerprint density at radius 3 is 2.64 bits per heavy atom. The molecule has 0 radical (unpaired) electrons. The average molecular weight is 461 g/mol. The van der Waals surface area contributed by atoms with Crippen LogP contribution in [0.15, 0.2) is 84.3 Å². The lowest BCUT2D eigenvalue weighted by Gasteiger charge is -2.11. The van der Waals surface area contributed by atoms with Crippen molar-refractivity contribution in [3.63, 3.8) is 0 Å². The van der Waals surface area contributed by atoms with E-state index < -0.39 is 0 Å². The van der Waals surface area contributed by atoms with Gasteiger partial charge in [0.1, 0.15) is 0 Å². The van der Waals surface area contributed by atoms with Gasteiger partial charge in [-0.2, -0.15) is 0 Å². The maximum absolute atomic E-state index is 4.96. The van der Waals surface area contributed by atoms with E-state index in [-0.39, 0.29) is 0 Å². The first-order chi connectivity index (χ1) is 16.1. The molecular weight excluding hydrogens is 424 g/mol. The van der Waals surface area contributed by atoms with E-state index >= 15 is 0 Å². The number of thiazole rings is 1. The molecule has 174 valence electrons. The zero-order valence-corrected chi connectivity index (χ0v) is 21.4. The lowest BCUT2D eigenvalue weighted by molar-refractivity contribution is 0.802. The summed E-state index contributed by atoms with van der Waals surface area (Å²) in [5.41, 5.74) is 5.84. The molecule has 0 bridgehead atoms. The van der Waals surface area contributed by atoms with Gasteiger partial charge in [-0.25, -0.2) is 9.97 Å². The van der Waals surface area contributed by atoms with Crippen LogP contribution in [0.25, 0.3) is 16.4 Å². The SMILES string of the molecule is C=C\C=C/C(=C(\C)CCC)C(=C\C)/c1csc(-c2nccn2Cc2cccnc2)n1.CCC. The van der Waals surface area contributed by atoms with Gasteiger partial charge in [0.05, 0.1) is 12.2 Å². The summed E-state index contributed by atoms with van der Waals surface area (Å²) in [6, 6.07) is 4.02. The molecule has 0 aromatic carbocycles. The molecule has 0 aliphatic rings. The van der Waals surface area contributed by atoms with E-state index in [2.05, 4.69) is 79.3 Å². The molecule has 0 spiro atoms. The fraction of sp³-hybridized carbons (Fsp3) is 0.321. The number of pyridine rings is 1. The average Bonchev–Trinajstić information content (AvgIpc) is 3.47. The lowest BCUT2D eigenvalue weighted by atomic mass is 9.95. The van der Waals surface area contributed by atoms with E-state index in [9.17, 15) is 0 Å². The second kappa shape index (κ2) is 14.2. The minimum atomic E-state index is 0.720. The maximum atomic E-state index is 4.96. The molecule has 3 aromatic heterocycles. The number of imidazole rings is 1. The van der Waals surface area contributed by atoms with Gasteiger partial charge in [0.15, 0.2) is 10.8 Å². The second-order valence-electron chi connectivity index (χ2n) is 7.73. The maximum Gasteiger partial charge on any atom is 0.169 e. The van der Waals surface area contributed by atoms with Crippen molar-refractivity contribution in [2.24, 2.45) is 0 Å². The van der Waals surface area contributed by atoms with Crippen molar-refractivity contribution in [2.75, 3.05) is 0 Å². The summed E-state index contributed by atoms with van der Waals surface area (Å²) in [5, 5.41) is 3.03. The van der Waals surface area contributed by atoms with E-state index in [0.717, 1.165) is 47.0 Å². The van der Waals surface area contributed by atoms with Crippen LogP contribution in [0.4, 0.5) is 0 Å². The van der Waals surface area contributed by atoms with E-state index in [4.69, 9.17) is 4.98 Å². The molecule has 0 amide bonds. The number of aromatic nitrogens is 4. The van der Waals surface area contributed by atoms with Crippen molar-refractivity contribution in [3.05, 3.63) is 95.6 Å². The van der Waals surface area contributed by atoms with Crippen LogP contribution in [0.5, 0.6) is 0 Å². The van der Waals surface area contributed by atoms with Crippen molar-refractivity contribution in [1.29, 1.82) is 0 Å². The third-order valence-electron chi connectivity index (χ3n) is 4.83. The molecule has 0 aliphatic heterocycles. The van der Waals surface area contributed by atoms with Crippen molar-refractivity contribution >= 4 is 16.9 Å². The Kier molecular flexibility index (Phi) is 11.3. The van der Waals surface area contributed by atoms with Crippen LogP contribution >= 0.6 is 11.3 Å². The summed E-state index contributed by atoms with van der Waals surface area (Å²) in [7, 11) is 0. The number of rotatable bonds is 9. The van der Waals surface area contributed by atoms with E-state index in [1.807, 2.05) is 36.8 Å². The standard InChI is InChI=1S/C25H28N4S.C3H8/c1-5-8-12-22(19(4)10-6-2)21(7-3)23-18-30-25(28-23)24-27-14-15-29(24)17-20-11-9-13-26-16-20;1-3-2/h5,7-9,11-16,18H,1,6,10,17H2,2-4H3;3H2,1-2H3/b12-8-,21-7+,22-19-;. The minimum absolute atomic E-state index is 0.720. The second-order valence-corrected chi connectivity index (χ2v) is 8.58. The number of hydrogen-bond acceptors (Lipinski definition) is 4. The first kappa shape index (κ1) is 26.2. The lowest BCUT2D eigenvalue weighted by Crippen LogP contribution is -2.01. The molecule has 3 rings (SSSR count). The van der Waals surface area contributed by atoms with Gasteiger partial charge in [-0.3, -0.25) is 4.98 Å². The highest BCUT2D eigenvalue weighted by molar-refractivity contribution is 7.13. The van der Waals surface area contributed by atoms with Gasteiger partial charge in [-0.1, -0.05) is 76.1 Å². The summed E-state index contributed by atoms with van der Waals surface area (Å²) >= 11 is 1.62. The van der Waals surface area contributed by atoms with Crippen LogP contribution in [0.2, 0.25) is 0 Å². The van der Waals surface area contributed by atoms with Crippen molar-refractivity contribution < 1.29 is 0 Å². The molecule has 3 aromatic rings. The van der Waals surface area contributed by atoms with Gasteiger partial charge in [0, 0.05) is 35.7 Å². The van der Waals surface area contributed by atoms with Crippen LogP contribution in [-0.4, -0.2) is 19.5 Å². The molecule has 0 fully saturated rings. The number of allylic oxidation sites excluding steroid dienone is 7. The van der Waals surface area contributed by atoms with Crippen LogP contribution in [0, 0.1) is 0 Å². The summed E-state index contributed by atoms with van der Waals surface area (Å²) in [5.74, 6) is 0.878. The Bertz CT molecular complexity index is 1080. The normalized spacial score (nSPS) is 12.3. The Balaban J connectivity index is 0.00000122. The molecule has 0 unspecified atom stereocenters. The minimum Gasteiger partial charge on any atom is -0.325 e. The Morgan fingerprint density at radius 1 is 1.21 bits per heavy atom. The van der Waals surface area contributed by atoms with Gasteiger partial charge in [-0.15, -0.1) is 11.3 Å². The number of nitrogens with zero attached hydrogens (tertiary/aromatic N) is 4. The summed E-state index contributed by atoms with van der Waals surface area (Å²) in [6.07, 6.45) is 19.0.